The van der Waals surface area contributed by atoms with E-state index < -0.39 is 12.5 Å². The third kappa shape index (κ3) is 5.32. The lowest BCUT2D eigenvalue weighted by molar-refractivity contribution is -0.134. The van der Waals surface area contributed by atoms with E-state index in [0.29, 0.717) is 32.4 Å². The number of aliphatic hydroxyl groups is 1. The van der Waals surface area contributed by atoms with Gasteiger partial charge in [-0.2, -0.15) is 0 Å². The first kappa shape index (κ1) is 17.3. The molecule has 0 bridgehead atoms. The van der Waals surface area contributed by atoms with Crippen LogP contribution < -0.4 is 5.32 Å². The molecule has 3 unspecified atom stereocenters. The normalized spacial score (nSPS) is 25.0. The molecule has 1 aliphatic heterocycles. The number of hydrogen-bond acceptors (Lipinski definition) is 3. The fourth-order valence-corrected chi connectivity index (χ4v) is 2.73. The highest BCUT2D eigenvalue weighted by molar-refractivity contribution is 5.76. The summed E-state index contributed by atoms with van der Waals surface area (Å²) in [6.45, 7) is 4.44. The van der Waals surface area contributed by atoms with Crippen molar-refractivity contribution in [1.29, 1.82) is 0 Å². The number of carbonyl (C=O) groups excluding carboxylic acids is 1. The number of likely N-dealkylation sites (tertiary alicyclic amines) is 1. The highest BCUT2D eigenvalue weighted by Gasteiger charge is 2.32. The third-order valence-corrected chi connectivity index (χ3v) is 3.82. The lowest BCUT2D eigenvalue weighted by atomic mass is 9.88. The average molecular weight is 292 g/mol. The monoisotopic (exact) mass is 292 g/mol. The average Bonchev–Trinajstić information content (AvgIpc) is 2.44. The van der Waals surface area contributed by atoms with Gasteiger partial charge in [-0.15, -0.1) is 0 Å². The number of amides is 1. The first-order valence-electron chi connectivity index (χ1n) is 7.45. The standard InChI is InChI=1S/C14H26F2N2O2/c1-3-5-14(20)18-8-10(12(19)4-2)6-11(9-18)17-7-13(15)16/h10-13,17,19H,3-9H2,1-2H3. The summed E-state index contributed by atoms with van der Waals surface area (Å²) in [4.78, 5) is 13.7. The number of rotatable bonds is 7. The summed E-state index contributed by atoms with van der Waals surface area (Å²) in [6.07, 6.45) is -0.392. The quantitative estimate of drug-likeness (QED) is 0.750. The fourth-order valence-electron chi connectivity index (χ4n) is 2.73. The Morgan fingerprint density at radius 3 is 2.65 bits per heavy atom. The number of alkyl halides is 2. The molecule has 0 aliphatic carbocycles. The number of aliphatic hydroxyl groups excluding tert-OH is 1. The van der Waals surface area contributed by atoms with Crippen molar-refractivity contribution in [2.45, 2.75) is 58.1 Å². The lowest BCUT2D eigenvalue weighted by Gasteiger charge is -2.40. The molecule has 1 heterocycles. The molecule has 0 aromatic carbocycles. The van der Waals surface area contributed by atoms with Gasteiger partial charge < -0.3 is 15.3 Å². The van der Waals surface area contributed by atoms with E-state index in [1.807, 2.05) is 13.8 Å². The second kappa shape index (κ2) is 8.52. The van der Waals surface area contributed by atoms with E-state index in [0.717, 1.165) is 6.42 Å². The number of hydrogen-bond donors (Lipinski definition) is 2. The van der Waals surface area contributed by atoms with Crippen molar-refractivity contribution in [3.8, 4) is 0 Å². The first-order chi connectivity index (χ1) is 9.47. The van der Waals surface area contributed by atoms with Crippen molar-refractivity contribution < 1.29 is 18.7 Å². The predicted molar refractivity (Wildman–Crippen MR) is 73.7 cm³/mol. The van der Waals surface area contributed by atoms with Crippen molar-refractivity contribution in [1.82, 2.24) is 10.2 Å². The molecular weight excluding hydrogens is 266 g/mol. The summed E-state index contributed by atoms with van der Waals surface area (Å²) in [5.74, 6) is 0.00841. The van der Waals surface area contributed by atoms with Crippen LogP contribution in [0.4, 0.5) is 8.78 Å². The Hall–Kier alpha value is -0.750. The predicted octanol–water partition coefficient (Wildman–Crippen LogP) is 1.63. The van der Waals surface area contributed by atoms with Crippen LogP contribution in [-0.4, -0.2) is 54.1 Å². The van der Waals surface area contributed by atoms with Crippen LogP contribution in [0.1, 0.15) is 39.5 Å². The van der Waals surface area contributed by atoms with Gasteiger partial charge >= 0.3 is 0 Å². The van der Waals surface area contributed by atoms with Crippen LogP contribution in [0.15, 0.2) is 0 Å². The van der Waals surface area contributed by atoms with Gasteiger partial charge in [0, 0.05) is 31.5 Å². The van der Waals surface area contributed by atoms with E-state index >= 15 is 0 Å². The van der Waals surface area contributed by atoms with Crippen molar-refractivity contribution in [3.05, 3.63) is 0 Å². The third-order valence-electron chi connectivity index (χ3n) is 3.82. The number of nitrogens with one attached hydrogen (secondary N) is 1. The molecule has 3 atom stereocenters. The van der Waals surface area contributed by atoms with Crippen LogP contribution >= 0.6 is 0 Å². The molecule has 1 saturated heterocycles. The molecule has 4 nitrogen and oxygen atoms in total. The van der Waals surface area contributed by atoms with Gasteiger partial charge in [0.2, 0.25) is 5.91 Å². The Bertz CT molecular complexity index is 303. The van der Waals surface area contributed by atoms with Crippen LogP contribution in [0.25, 0.3) is 0 Å². The maximum Gasteiger partial charge on any atom is 0.250 e. The summed E-state index contributed by atoms with van der Waals surface area (Å²) in [7, 11) is 0. The minimum atomic E-state index is -2.40. The zero-order chi connectivity index (χ0) is 15.1. The molecule has 2 N–H and O–H groups in total. The molecule has 1 aliphatic rings. The molecular formula is C14H26F2N2O2. The molecule has 1 rings (SSSR count). The number of halogens is 2. The van der Waals surface area contributed by atoms with Crippen LogP contribution in [0.3, 0.4) is 0 Å². The van der Waals surface area contributed by atoms with E-state index in [9.17, 15) is 18.7 Å². The second-order valence-electron chi connectivity index (χ2n) is 5.52. The minimum absolute atomic E-state index is 0.0373. The zero-order valence-electron chi connectivity index (χ0n) is 12.3. The van der Waals surface area contributed by atoms with Gasteiger partial charge in [0.15, 0.2) is 0 Å². The van der Waals surface area contributed by atoms with Gasteiger partial charge in [-0.3, -0.25) is 4.79 Å². The van der Waals surface area contributed by atoms with Crippen molar-refractivity contribution in [3.63, 3.8) is 0 Å². The second-order valence-corrected chi connectivity index (χ2v) is 5.52. The molecule has 6 heteroatoms. The van der Waals surface area contributed by atoms with Crippen molar-refractivity contribution in [2.24, 2.45) is 5.92 Å². The molecule has 118 valence electrons. The molecule has 0 radical (unpaired) electrons. The fraction of sp³-hybridized carbons (Fsp3) is 0.929. The number of piperidine rings is 1. The van der Waals surface area contributed by atoms with E-state index in [2.05, 4.69) is 5.32 Å². The van der Waals surface area contributed by atoms with Crippen molar-refractivity contribution in [2.75, 3.05) is 19.6 Å². The Labute approximate surface area is 119 Å². The van der Waals surface area contributed by atoms with Crippen LogP contribution in [-0.2, 0) is 4.79 Å². The van der Waals surface area contributed by atoms with Gasteiger partial charge in [-0.1, -0.05) is 13.8 Å². The minimum Gasteiger partial charge on any atom is -0.393 e. The van der Waals surface area contributed by atoms with Gasteiger partial charge in [0.05, 0.1) is 12.6 Å². The van der Waals surface area contributed by atoms with Gasteiger partial charge in [0.1, 0.15) is 0 Å². The Morgan fingerprint density at radius 2 is 2.10 bits per heavy atom. The molecule has 0 aromatic rings. The van der Waals surface area contributed by atoms with E-state index in [4.69, 9.17) is 0 Å². The SMILES string of the molecule is CCCC(=O)N1CC(NCC(F)F)CC(C(O)CC)C1. The molecule has 0 aromatic heterocycles. The largest absolute Gasteiger partial charge is 0.393 e. The van der Waals surface area contributed by atoms with E-state index in [1.54, 1.807) is 4.90 Å². The van der Waals surface area contributed by atoms with Crippen LogP contribution in [0, 0.1) is 5.92 Å². The lowest BCUT2D eigenvalue weighted by Crippen LogP contribution is -2.54. The van der Waals surface area contributed by atoms with E-state index in [-0.39, 0.29) is 24.4 Å². The van der Waals surface area contributed by atoms with Gasteiger partial charge in [0.25, 0.3) is 6.43 Å². The summed E-state index contributed by atoms with van der Waals surface area (Å²) in [5, 5.41) is 12.8. The summed E-state index contributed by atoms with van der Waals surface area (Å²) in [5.41, 5.74) is 0. The Balaban J connectivity index is 2.64. The maximum atomic E-state index is 12.3. The van der Waals surface area contributed by atoms with Crippen LogP contribution in [0.5, 0.6) is 0 Å². The van der Waals surface area contributed by atoms with E-state index in [1.165, 1.54) is 0 Å². The van der Waals surface area contributed by atoms with Crippen LogP contribution in [0.2, 0.25) is 0 Å². The smallest absolute Gasteiger partial charge is 0.250 e. The molecule has 0 saturated carbocycles. The maximum absolute atomic E-state index is 12.3. The highest BCUT2D eigenvalue weighted by Crippen LogP contribution is 2.23. The summed E-state index contributed by atoms with van der Waals surface area (Å²) in [6, 6.07) is -0.162. The molecule has 0 spiro atoms. The van der Waals surface area contributed by atoms with Gasteiger partial charge in [-0.05, 0) is 19.3 Å². The highest BCUT2D eigenvalue weighted by atomic mass is 19.3. The Morgan fingerprint density at radius 1 is 1.40 bits per heavy atom. The number of nitrogens with zero attached hydrogens (tertiary/aromatic N) is 1. The first-order valence-corrected chi connectivity index (χ1v) is 7.45. The Kier molecular flexibility index (Phi) is 7.37. The topological polar surface area (TPSA) is 52.6 Å². The molecule has 1 fully saturated rings. The summed E-state index contributed by atoms with van der Waals surface area (Å²) >= 11 is 0. The summed E-state index contributed by atoms with van der Waals surface area (Å²) < 4.78 is 24.6. The zero-order valence-corrected chi connectivity index (χ0v) is 12.3. The van der Waals surface area contributed by atoms with Gasteiger partial charge in [-0.25, -0.2) is 8.78 Å². The molecule has 1 amide bonds. The number of carbonyl (C=O) groups is 1. The molecule has 20 heavy (non-hydrogen) atoms. The van der Waals surface area contributed by atoms with Crippen molar-refractivity contribution >= 4 is 5.91 Å².